The summed E-state index contributed by atoms with van der Waals surface area (Å²) in [5.41, 5.74) is 0.752. The number of nitrogens with zero attached hydrogens (tertiary/aromatic N) is 1. The molecule has 1 aliphatic heterocycles. The first-order chi connectivity index (χ1) is 9.70. The summed E-state index contributed by atoms with van der Waals surface area (Å²) in [6.07, 6.45) is 4.67. The summed E-state index contributed by atoms with van der Waals surface area (Å²) in [6, 6.07) is 5.01. The Hall–Kier alpha value is -1.42. The van der Waals surface area contributed by atoms with Gasteiger partial charge in [0.15, 0.2) is 0 Å². The maximum Gasteiger partial charge on any atom is 0.237 e. The molecule has 3 nitrogen and oxygen atoms in total. The van der Waals surface area contributed by atoms with E-state index in [1.165, 1.54) is 6.07 Å². The molecule has 3 rings (SSSR count). The topological polar surface area (TPSA) is 29.5 Å². The van der Waals surface area contributed by atoms with Crippen molar-refractivity contribution in [3.63, 3.8) is 0 Å². The summed E-state index contributed by atoms with van der Waals surface area (Å²) in [5.74, 6) is -0.174. The van der Waals surface area contributed by atoms with Crippen LogP contribution in [-0.4, -0.2) is 26.2 Å². The van der Waals surface area contributed by atoms with Crippen LogP contribution in [0.1, 0.15) is 37.7 Å². The van der Waals surface area contributed by atoms with Crippen LogP contribution in [0, 0.1) is 5.82 Å². The molecule has 1 amide bonds. The number of anilines is 1. The lowest BCUT2D eigenvalue weighted by molar-refractivity contribution is -0.124. The van der Waals surface area contributed by atoms with Gasteiger partial charge in [0.2, 0.25) is 5.91 Å². The van der Waals surface area contributed by atoms with Crippen LogP contribution in [0.2, 0.25) is 0 Å². The zero-order valence-electron chi connectivity index (χ0n) is 11.8. The molecule has 108 valence electrons. The second kappa shape index (κ2) is 5.17. The van der Waals surface area contributed by atoms with Crippen molar-refractivity contribution in [2.75, 3.05) is 25.2 Å². The van der Waals surface area contributed by atoms with Crippen molar-refractivity contribution in [1.82, 2.24) is 0 Å². The highest BCUT2D eigenvalue weighted by molar-refractivity contribution is 6.08. The Morgan fingerprint density at radius 1 is 1.30 bits per heavy atom. The van der Waals surface area contributed by atoms with Crippen LogP contribution < -0.4 is 4.90 Å². The number of fused-ring (bicyclic) bond motifs is 2. The standard InChI is InChI=1S/C16H20FNO2/c1-20-11-10-18-13-7-5-6-12(17)14(13)16(15(18)19)8-3-2-4-9-16/h5-7H,2-4,8-11H2,1H3. The monoisotopic (exact) mass is 277 g/mol. The van der Waals surface area contributed by atoms with Crippen LogP contribution in [0.25, 0.3) is 0 Å². The Balaban J connectivity index is 2.08. The minimum Gasteiger partial charge on any atom is -0.383 e. The van der Waals surface area contributed by atoms with E-state index in [0.717, 1.165) is 37.8 Å². The fourth-order valence-corrected chi connectivity index (χ4v) is 3.71. The highest BCUT2D eigenvalue weighted by Gasteiger charge is 2.52. The second-order valence-corrected chi connectivity index (χ2v) is 5.73. The zero-order valence-corrected chi connectivity index (χ0v) is 11.8. The van der Waals surface area contributed by atoms with Crippen molar-refractivity contribution < 1.29 is 13.9 Å². The van der Waals surface area contributed by atoms with Gasteiger partial charge in [-0.25, -0.2) is 4.39 Å². The zero-order chi connectivity index (χ0) is 14.2. The van der Waals surface area contributed by atoms with Gasteiger partial charge in [-0.3, -0.25) is 4.79 Å². The normalized spacial score (nSPS) is 20.5. The molecule has 1 aliphatic carbocycles. The van der Waals surface area contributed by atoms with E-state index in [1.54, 1.807) is 18.1 Å². The molecule has 0 unspecified atom stereocenters. The van der Waals surface area contributed by atoms with Gasteiger partial charge < -0.3 is 9.64 Å². The van der Waals surface area contributed by atoms with Gasteiger partial charge in [-0.1, -0.05) is 25.3 Å². The van der Waals surface area contributed by atoms with E-state index in [-0.39, 0.29) is 11.7 Å². The minimum absolute atomic E-state index is 0.0642. The van der Waals surface area contributed by atoms with E-state index in [0.29, 0.717) is 18.7 Å². The van der Waals surface area contributed by atoms with Crippen molar-refractivity contribution in [2.24, 2.45) is 0 Å². The number of hydrogen-bond acceptors (Lipinski definition) is 2. The van der Waals surface area contributed by atoms with E-state index in [9.17, 15) is 9.18 Å². The highest BCUT2D eigenvalue weighted by atomic mass is 19.1. The first-order valence-corrected chi connectivity index (χ1v) is 7.30. The molecular weight excluding hydrogens is 257 g/mol. The van der Waals surface area contributed by atoms with E-state index >= 15 is 0 Å². The quantitative estimate of drug-likeness (QED) is 0.850. The molecule has 1 saturated carbocycles. The van der Waals surface area contributed by atoms with E-state index in [4.69, 9.17) is 4.74 Å². The third kappa shape index (κ3) is 1.85. The molecule has 1 aromatic rings. The molecular formula is C16H20FNO2. The summed E-state index contributed by atoms with van der Waals surface area (Å²) in [6.45, 7) is 0.964. The van der Waals surface area contributed by atoms with Crippen molar-refractivity contribution in [3.05, 3.63) is 29.6 Å². The molecule has 1 spiro atoms. The van der Waals surface area contributed by atoms with Crippen molar-refractivity contribution in [1.29, 1.82) is 0 Å². The van der Waals surface area contributed by atoms with Crippen LogP contribution in [0.5, 0.6) is 0 Å². The molecule has 1 heterocycles. The molecule has 1 aromatic carbocycles. The van der Waals surface area contributed by atoms with Crippen molar-refractivity contribution in [3.8, 4) is 0 Å². The Labute approximate surface area is 118 Å². The van der Waals surface area contributed by atoms with Gasteiger partial charge in [-0.05, 0) is 25.0 Å². The van der Waals surface area contributed by atoms with Crippen molar-refractivity contribution in [2.45, 2.75) is 37.5 Å². The van der Waals surface area contributed by atoms with Gasteiger partial charge >= 0.3 is 0 Å². The summed E-state index contributed by atoms with van der Waals surface area (Å²) in [7, 11) is 1.61. The first kappa shape index (κ1) is 13.6. The SMILES string of the molecule is COCCN1C(=O)C2(CCCCC2)c2c(F)cccc21. The summed E-state index contributed by atoms with van der Waals surface area (Å²) in [5, 5.41) is 0. The molecule has 0 saturated heterocycles. The number of hydrogen-bond donors (Lipinski definition) is 0. The van der Waals surface area contributed by atoms with Crippen LogP contribution >= 0.6 is 0 Å². The number of amides is 1. The number of benzene rings is 1. The largest absolute Gasteiger partial charge is 0.383 e. The molecule has 2 aliphatic rings. The van der Waals surface area contributed by atoms with E-state index in [2.05, 4.69) is 0 Å². The summed E-state index contributed by atoms with van der Waals surface area (Å²) >= 11 is 0. The van der Waals surface area contributed by atoms with Crippen molar-refractivity contribution >= 4 is 11.6 Å². The molecule has 0 radical (unpaired) electrons. The lowest BCUT2D eigenvalue weighted by atomic mass is 9.70. The van der Waals surface area contributed by atoms with Gasteiger partial charge in [0.1, 0.15) is 5.82 Å². The first-order valence-electron chi connectivity index (χ1n) is 7.30. The van der Waals surface area contributed by atoms with Crippen LogP contribution in [0.4, 0.5) is 10.1 Å². The Bertz CT molecular complexity index is 523. The summed E-state index contributed by atoms with van der Waals surface area (Å²) in [4.78, 5) is 14.6. The van der Waals surface area contributed by atoms with Crippen LogP contribution in [0.3, 0.4) is 0 Å². The van der Waals surface area contributed by atoms with E-state index < -0.39 is 5.41 Å². The lowest BCUT2D eigenvalue weighted by Gasteiger charge is -2.32. The second-order valence-electron chi connectivity index (χ2n) is 5.73. The molecule has 4 heteroatoms. The molecule has 1 fully saturated rings. The van der Waals surface area contributed by atoms with Gasteiger partial charge in [-0.2, -0.15) is 0 Å². The molecule has 20 heavy (non-hydrogen) atoms. The highest BCUT2D eigenvalue weighted by Crippen LogP contribution is 2.50. The fourth-order valence-electron chi connectivity index (χ4n) is 3.71. The summed E-state index contributed by atoms with van der Waals surface area (Å²) < 4.78 is 19.5. The third-order valence-electron chi connectivity index (χ3n) is 4.64. The number of carbonyl (C=O) groups is 1. The third-order valence-corrected chi connectivity index (χ3v) is 4.64. The van der Waals surface area contributed by atoms with Crippen LogP contribution in [-0.2, 0) is 14.9 Å². The molecule has 0 aromatic heterocycles. The number of halogens is 1. The van der Waals surface area contributed by atoms with Gasteiger partial charge in [0.25, 0.3) is 0 Å². The average Bonchev–Trinajstić information content (AvgIpc) is 2.69. The lowest BCUT2D eigenvalue weighted by Crippen LogP contribution is -2.43. The Kier molecular flexibility index (Phi) is 3.50. The fraction of sp³-hybridized carbons (Fsp3) is 0.562. The number of ether oxygens (including phenoxy) is 1. The minimum atomic E-state index is -0.618. The smallest absolute Gasteiger partial charge is 0.237 e. The van der Waals surface area contributed by atoms with Gasteiger partial charge in [-0.15, -0.1) is 0 Å². The average molecular weight is 277 g/mol. The number of methoxy groups -OCH3 is 1. The molecule has 0 atom stereocenters. The van der Waals surface area contributed by atoms with Gasteiger partial charge in [0, 0.05) is 19.2 Å². The van der Waals surface area contributed by atoms with E-state index in [1.807, 2.05) is 6.07 Å². The number of rotatable bonds is 3. The maximum absolute atomic E-state index is 14.4. The Morgan fingerprint density at radius 3 is 2.75 bits per heavy atom. The predicted molar refractivity (Wildman–Crippen MR) is 75.4 cm³/mol. The van der Waals surface area contributed by atoms with Crippen LogP contribution in [0.15, 0.2) is 18.2 Å². The molecule has 0 bridgehead atoms. The maximum atomic E-state index is 14.4. The van der Waals surface area contributed by atoms with Gasteiger partial charge in [0.05, 0.1) is 17.7 Å². The number of carbonyl (C=O) groups excluding carboxylic acids is 1. The predicted octanol–water partition coefficient (Wildman–Crippen LogP) is 3.02. The Morgan fingerprint density at radius 2 is 2.05 bits per heavy atom. The molecule has 0 N–H and O–H groups in total.